The minimum atomic E-state index is -0.782. The van der Waals surface area contributed by atoms with Crippen LogP contribution in [0.5, 0.6) is 0 Å². The molecule has 0 rings (SSSR count). The van der Waals surface area contributed by atoms with Gasteiger partial charge in [-0.05, 0) is 103 Å². The SMILES string of the molecule is CCCCC/C=C\C/C=C\CCCCCCCCCC(=O)OC[C@@H](COC(=O)CCCCCCC/C=C\CCCCC)OC(=O)CCCCCCC/C=C\CCCCCCCC. The molecule has 0 amide bonds. The molecular weight excluding hydrogens is 769 g/mol. The predicted octanol–water partition coefficient (Wildman–Crippen LogP) is 17.5. The standard InChI is InChI=1S/C56H100O6/c1-4-7-10-13-16-19-22-25-27-28-30-31-34-37-40-43-46-49-55(58)61-52-53(51-60-54(57)48-45-42-39-36-33-24-21-18-15-12-9-6-3)62-56(59)50-47-44-41-38-35-32-29-26-23-20-17-14-11-8-5-2/h16,18-19,21,25-27,29,53H,4-15,17,20,22-24,28,30-52H2,1-3H3/b19-16-,21-18-,27-25-,29-26-/t53-/m1/s1. The van der Waals surface area contributed by atoms with Crippen LogP contribution in [0.4, 0.5) is 0 Å². The Bertz CT molecular complexity index is 1090. The van der Waals surface area contributed by atoms with Crippen LogP contribution in [0.1, 0.15) is 271 Å². The van der Waals surface area contributed by atoms with Gasteiger partial charge in [-0.2, -0.15) is 0 Å². The summed E-state index contributed by atoms with van der Waals surface area (Å²) in [5, 5.41) is 0. The summed E-state index contributed by atoms with van der Waals surface area (Å²) in [6.45, 7) is 6.58. The molecule has 1 atom stereocenters. The number of ether oxygens (including phenoxy) is 3. The van der Waals surface area contributed by atoms with Crippen molar-refractivity contribution in [1.29, 1.82) is 0 Å². The lowest BCUT2D eigenvalue weighted by Gasteiger charge is -2.18. The number of carbonyl (C=O) groups excluding carboxylic acids is 3. The number of hydrogen-bond acceptors (Lipinski definition) is 6. The summed E-state index contributed by atoms with van der Waals surface area (Å²) in [6.07, 6.45) is 60.9. The van der Waals surface area contributed by atoms with Crippen molar-refractivity contribution in [3.05, 3.63) is 48.6 Å². The van der Waals surface area contributed by atoms with Crippen LogP contribution in [-0.4, -0.2) is 37.2 Å². The summed E-state index contributed by atoms with van der Waals surface area (Å²) in [5.41, 5.74) is 0. The molecule has 6 heteroatoms. The zero-order chi connectivity index (χ0) is 45.1. The van der Waals surface area contributed by atoms with E-state index in [0.29, 0.717) is 19.3 Å². The number of esters is 3. The highest BCUT2D eigenvalue weighted by atomic mass is 16.6. The largest absolute Gasteiger partial charge is 0.462 e. The Morgan fingerprint density at radius 1 is 0.323 bits per heavy atom. The van der Waals surface area contributed by atoms with Crippen molar-refractivity contribution in [2.45, 2.75) is 277 Å². The third-order valence-corrected chi connectivity index (χ3v) is 11.5. The van der Waals surface area contributed by atoms with Crippen LogP contribution >= 0.6 is 0 Å². The van der Waals surface area contributed by atoms with Crippen LogP contribution in [0, 0.1) is 0 Å². The molecule has 0 aliphatic rings. The van der Waals surface area contributed by atoms with Crippen molar-refractivity contribution in [3.8, 4) is 0 Å². The second-order valence-corrected chi connectivity index (χ2v) is 17.8. The topological polar surface area (TPSA) is 78.9 Å². The average Bonchev–Trinajstić information content (AvgIpc) is 3.27. The summed E-state index contributed by atoms with van der Waals surface area (Å²) < 4.78 is 16.8. The molecule has 0 aromatic rings. The Labute approximate surface area is 384 Å². The van der Waals surface area contributed by atoms with Crippen molar-refractivity contribution >= 4 is 17.9 Å². The maximum atomic E-state index is 12.8. The van der Waals surface area contributed by atoms with Gasteiger partial charge in [-0.15, -0.1) is 0 Å². The van der Waals surface area contributed by atoms with E-state index in [1.54, 1.807) is 0 Å². The molecule has 360 valence electrons. The molecule has 0 aliphatic heterocycles. The van der Waals surface area contributed by atoms with E-state index in [-0.39, 0.29) is 31.1 Å². The summed E-state index contributed by atoms with van der Waals surface area (Å²) in [7, 11) is 0. The fourth-order valence-electron chi connectivity index (χ4n) is 7.46. The highest BCUT2D eigenvalue weighted by Gasteiger charge is 2.19. The van der Waals surface area contributed by atoms with E-state index in [9.17, 15) is 14.4 Å². The summed E-state index contributed by atoms with van der Waals surface area (Å²) in [4.78, 5) is 38.0. The molecule has 0 radical (unpaired) electrons. The fraction of sp³-hybridized carbons (Fsp3) is 0.804. The Kier molecular flexibility index (Phi) is 48.8. The monoisotopic (exact) mass is 869 g/mol. The van der Waals surface area contributed by atoms with Gasteiger partial charge in [0.25, 0.3) is 0 Å². The lowest BCUT2D eigenvalue weighted by atomic mass is 10.1. The molecule has 0 aromatic heterocycles. The van der Waals surface area contributed by atoms with Crippen molar-refractivity contribution < 1.29 is 28.6 Å². The average molecular weight is 869 g/mol. The van der Waals surface area contributed by atoms with E-state index in [4.69, 9.17) is 14.2 Å². The van der Waals surface area contributed by atoms with Crippen LogP contribution in [0.2, 0.25) is 0 Å². The van der Waals surface area contributed by atoms with Crippen molar-refractivity contribution in [2.24, 2.45) is 0 Å². The van der Waals surface area contributed by atoms with Crippen molar-refractivity contribution in [3.63, 3.8) is 0 Å². The molecular formula is C56H100O6. The smallest absolute Gasteiger partial charge is 0.306 e. The second kappa shape index (κ2) is 51.0. The van der Waals surface area contributed by atoms with Gasteiger partial charge in [-0.25, -0.2) is 0 Å². The lowest BCUT2D eigenvalue weighted by Crippen LogP contribution is -2.30. The quantitative estimate of drug-likeness (QED) is 0.0262. The van der Waals surface area contributed by atoms with Gasteiger partial charge in [0.05, 0.1) is 0 Å². The molecule has 0 saturated carbocycles. The van der Waals surface area contributed by atoms with Crippen LogP contribution in [0.3, 0.4) is 0 Å². The van der Waals surface area contributed by atoms with Crippen LogP contribution < -0.4 is 0 Å². The Morgan fingerprint density at radius 2 is 0.581 bits per heavy atom. The normalized spacial score (nSPS) is 12.4. The maximum Gasteiger partial charge on any atom is 0.306 e. The number of unbranched alkanes of at least 4 members (excludes halogenated alkanes) is 29. The van der Waals surface area contributed by atoms with E-state index in [2.05, 4.69) is 69.4 Å². The van der Waals surface area contributed by atoms with Gasteiger partial charge in [0.2, 0.25) is 0 Å². The molecule has 0 aromatic carbocycles. The second-order valence-electron chi connectivity index (χ2n) is 17.8. The van der Waals surface area contributed by atoms with Crippen LogP contribution in [0.15, 0.2) is 48.6 Å². The number of hydrogen-bond donors (Lipinski definition) is 0. The molecule has 6 nitrogen and oxygen atoms in total. The first-order valence-corrected chi connectivity index (χ1v) is 26.6. The first kappa shape index (κ1) is 59.4. The lowest BCUT2D eigenvalue weighted by molar-refractivity contribution is -0.167. The van der Waals surface area contributed by atoms with E-state index < -0.39 is 6.10 Å². The van der Waals surface area contributed by atoms with E-state index >= 15 is 0 Å². The number of rotatable bonds is 48. The van der Waals surface area contributed by atoms with Gasteiger partial charge in [0.1, 0.15) is 13.2 Å². The Hall–Kier alpha value is -2.63. The van der Waals surface area contributed by atoms with E-state index in [0.717, 1.165) is 89.9 Å². The fourth-order valence-corrected chi connectivity index (χ4v) is 7.46. The third-order valence-electron chi connectivity index (χ3n) is 11.5. The predicted molar refractivity (Wildman–Crippen MR) is 265 cm³/mol. The van der Waals surface area contributed by atoms with Gasteiger partial charge in [0, 0.05) is 19.3 Å². The molecule has 0 fully saturated rings. The Balaban J connectivity index is 4.38. The molecule has 0 bridgehead atoms. The Morgan fingerprint density at radius 3 is 0.935 bits per heavy atom. The highest BCUT2D eigenvalue weighted by molar-refractivity contribution is 5.71. The van der Waals surface area contributed by atoms with Crippen molar-refractivity contribution in [1.82, 2.24) is 0 Å². The minimum Gasteiger partial charge on any atom is -0.462 e. The van der Waals surface area contributed by atoms with Crippen LogP contribution in [-0.2, 0) is 28.6 Å². The third kappa shape index (κ3) is 48.4. The minimum absolute atomic E-state index is 0.0824. The summed E-state index contributed by atoms with van der Waals surface area (Å²) in [5.74, 6) is -0.900. The zero-order valence-corrected chi connectivity index (χ0v) is 41.1. The summed E-state index contributed by atoms with van der Waals surface area (Å²) >= 11 is 0. The molecule has 0 heterocycles. The molecule has 0 saturated heterocycles. The van der Waals surface area contributed by atoms with Crippen molar-refractivity contribution in [2.75, 3.05) is 13.2 Å². The number of carbonyl (C=O) groups is 3. The van der Waals surface area contributed by atoms with Gasteiger partial charge < -0.3 is 14.2 Å². The van der Waals surface area contributed by atoms with Gasteiger partial charge in [-0.1, -0.05) is 198 Å². The van der Waals surface area contributed by atoms with Gasteiger partial charge >= 0.3 is 17.9 Å². The van der Waals surface area contributed by atoms with E-state index in [1.165, 1.54) is 141 Å². The van der Waals surface area contributed by atoms with E-state index in [1.807, 2.05) is 0 Å². The molecule has 0 spiro atoms. The molecule has 0 unspecified atom stereocenters. The summed E-state index contributed by atoms with van der Waals surface area (Å²) in [6, 6.07) is 0. The number of allylic oxidation sites excluding steroid dienone is 8. The zero-order valence-electron chi connectivity index (χ0n) is 41.1. The van der Waals surface area contributed by atoms with Gasteiger partial charge in [-0.3, -0.25) is 14.4 Å². The first-order chi connectivity index (χ1) is 30.5. The molecule has 0 N–H and O–H groups in total. The maximum absolute atomic E-state index is 12.8. The van der Waals surface area contributed by atoms with Crippen LogP contribution in [0.25, 0.3) is 0 Å². The van der Waals surface area contributed by atoms with Gasteiger partial charge in [0.15, 0.2) is 6.10 Å². The molecule has 0 aliphatic carbocycles. The highest BCUT2D eigenvalue weighted by Crippen LogP contribution is 2.14. The molecule has 62 heavy (non-hydrogen) atoms. The first-order valence-electron chi connectivity index (χ1n) is 26.6.